The summed E-state index contributed by atoms with van der Waals surface area (Å²) in [6.45, 7) is 0.625. The van der Waals surface area contributed by atoms with Gasteiger partial charge in [-0.2, -0.15) is 0 Å². The first-order chi connectivity index (χ1) is 9.24. The average Bonchev–Trinajstić information content (AvgIpc) is 2.46. The molecule has 1 heterocycles. The molecule has 5 nitrogen and oxygen atoms in total. The predicted molar refractivity (Wildman–Crippen MR) is 81.6 cm³/mol. The smallest absolute Gasteiger partial charge is 0.143 e. The number of rotatable bonds is 5. The molecule has 1 N–H and O–H groups in total. The minimum atomic E-state index is 0.625. The van der Waals surface area contributed by atoms with Crippen LogP contribution in [-0.4, -0.2) is 24.2 Å². The van der Waals surface area contributed by atoms with Crippen molar-refractivity contribution >= 4 is 28.4 Å². The van der Waals surface area contributed by atoms with Gasteiger partial charge in [-0.25, -0.2) is 9.97 Å². The van der Waals surface area contributed by atoms with Crippen LogP contribution in [0.2, 0.25) is 0 Å². The van der Waals surface area contributed by atoms with Crippen LogP contribution in [0, 0.1) is 3.57 Å². The summed E-state index contributed by atoms with van der Waals surface area (Å²) in [6, 6.07) is 5.74. The lowest BCUT2D eigenvalue weighted by atomic mass is 10.2. The zero-order chi connectivity index (χ0) is 13.7. The van der Waals surface area contributed by atoms with E-state index in [1.165, 1.54) is 6.33 Å². The highest BCUT2D eigenvalue weighted by Crippen LogP contribution is 2.25. The lowest BCUT2D eigenvalue weighted by Crippen LogP contribution is -2.05. The van der Waals surface area contributed by atoms with Crippen LogP contribution < -0.4 is 14.8 Å². The third-order valence-electron chi connectivity index (χ3n) is 2.61. The zero-order valence-electron chi connectivity index (χ0n) is 10.7. The van der Waals surface area contributed by atoms with Crippen molar-refractivity contribution in [2.45, 2.75) is 6.54 Å². The molecule has 0 spiro atoms. The summed E-state index contributed by atoms with van der Waals surface area (Å²) >= 11 is 2.19. The topological polar surface area (TPSA) is 56.3 Å². The Bertz CT molecular complexity index is 563. The Kier molecular flexibility index (Phi) is 4.78. The van der Waals surface area contributed by atoms with Crippen LogP contribution in [0.4, 0.5) is 5.82 Å². The third kappa shape index (κ3) is 3.46. The normalized spacial score (nSPS) is 10.1. The Morgan fingerprint density at radius 2 is 2.11 bits per heavy atom. The van der Waals surface area contributed by atoms with E-state index in [1.807, 2.05) is 18.2 Å². The first kappa shape index (κ1) is 13.9. The number of aromatic nitrogens is 2. The van der Waals surface area contributed by atoms with E-state index < -0.39 is 0 Å². The number of halogens is 1. The molecule has 0 amide bonds. The van der Waals surface area contributed by atoms with Crippen LogP contribution in [-0.2, 0) is 6.54 Å². The van der Waals surface area contributed by atoms with Crippen molar-refractivity contribution in [1.82, 2.24) is 9.97 Å². The molecule has 0 unspecified atom stereocenters. The molecular formula is C13H14IN3O2. The van der Waals surface area contributed by atoms with Gasteiger partial charge in [0.05, 0.1) is 17.8 Å². The standard InChI is InChI=1S/C13H14IN3O2/c1-18-10-4-3-9(12(5-10)19-2)6-16-13-11(14)7-15-8-17-13/h3-5,7-8H,6H2,1-2H3,(H,15,16,17). The first-order valence-corrected chi connectivity index (χ1v) is 6.72. The maximum absolute atomic E-state index is 5.35. The van der Waals surface area contributed by atoms with Crippen LogP contribution in [0.5, 0.6) is 11.5 Å². The van der Waals surface area contributed by atoms with Crippen molar-refractivity contribution in [3.8, 4) is 11.5 Å². The fraction of sp³-hybridized carbons (Fsp3) is 0.231. The summed E-state index contributed by atoms with van der Waals surface area (Å²) < 4.78 is 11.5. The van der Waals surface area contributed by atoms with E-state index in [0.29, 0.717) is 6.54 Å². The summed E-state index contributed by atoms with van der Waals surface area (Å²) in [5.41, 5.74) is 1.04. The highest BCUT2D eigenvalue weighted by molar-refractivity contribution is 14.1. The number of hydrogen-bond acceptors (Lipinski definition) is 5. The minimum Gasteiger partial charge on any atom is -0.497 e. The monoisotopic (exact) mass is 371 g/mol. The van der Waals surface area contributed by atoms with Crippen LogP contribution in [0.1, 0.15) is 5.56 Å². The summed E-state index contributed by atoms with van der Waals surface area (Å²) in [4.78, 5) is 8.14. The Hall–Kier alpha value is -1.57. The molecular weight excluding hydrogens is 357 g/mol. The van der Waals surface area contributed by atoms with Crippen molar-refractivity contribution < 1.29 is 9.47 Å². The summed E-state index contributed by atoms with van der Waals surface area (Å²) in [7, 11) is 3.28. The molecule has 0 fully saturated rings. The highest BCUT2D eigenvalue weighted by atomic mass is 127. The lowest BCUT2D eigenvalue weighted by Gasteiger charge is -2.12. The molecule has 100 valence electrons. The fourth-order valence-electron chi connectivity index (χ4n) is 1.62. The SMILES string of the molecule is COc1ccc(CNc2ncncc2I)c(OC)c1. The Morgan fingerprint density at radius 3 is 2.79 bits per heavy atom. The number of nitrogens with one attached hydrogen (secondary N) is 1. The first-order valence-electron chi connectivity index (χ1n) is 5.65. The molecule has 0 radical (unpaired) electrons. The second kappa shape index (κ2) is 6.55. The average molecular weight is 371 g/mol. The van der Waals surface area contributed by atoms with Crippen molar-refractivity contribution in [2.75, 3.05) is 19.5 Å². The molecule has 0 aliphatic heterocycles. The number of anilines is 1. The summed E-state index contributed by atoms with van der Waals surface area (Å²) in [6.07, 6.45) is 3.29. The van der Waals surface area contributed by atoms with E-state index in [1.54, 1.807) is 20.4 Å². The van der Waals surface area contributed by atoms with Gasteiger partial charge in [0, 0.05) is 24.4 Å². The van der Waals surface area contributed by atoms with Crippen molar-refractivity contribution in [1.29, 1.82) is 0 Å². The van der Waals surface area contributed by atoms with Gasteiger partial charge in [0.2, 0.25) is 0 Å². The van der Waals surface area contributed by atoms with Crippen LogP contribution >= 0.6 is 22.6 Å². The Balaban J connectivity index is 2.13. The quantitative estimate of drug-likeness (QED) is 0.820. The molecule has 19 heavy (non-hydrogen) atoms. The second-order valence-corrected chi connectivity index (χ2v) is 4.91. The van der Waals surface area contributed by atoms with E-state index in [0.717, 1.165) is 26.5 Å². The highest BCUT2D eigenvalue weighted by Gasteiger charge is 2.06. The predicted octanol–water partition coefficient (Wildman–Crippen LogP) is 2.71. The van der Waals surface area contributed by atoms with E-state index in [-0.39, 0.29) is 0 Å². The molecule has 0 saturated heterocycles. The van der Waals surface area contributed by atoms with E-state index in [2.05, 4.69) is 37.9 Å². The molecule has 0 aliphatic rings. The van der Waals surface area contributed by atoms with Gasteiger partial charge in [0.1, 0.15) is 23.6 Å². The molecule has 0 atom stereocenters. The Morgan fingerprint density at radius 1 is 1.26 bits per heavy atom. The van der Waals surface area contributed by atoms with Gasteiger partial charge in [-0.1, -0.05) is 0 Å². The van der Waals surface area contributed by atoms with Gasteiger partial charge in [-0.05, 0) is 34.7 Å². The maximum Gasteiger partial charge on any atom is 0.143 e. The van der Waals surface area contributed by atoms with Gasteiger partial charge in [0.15, 0.2) is 0 Å². The minimum absolute atomic E-state index is 0.625. The van der Waals surface area contributed by atoms with Crippen molar-refractivity contribution in [3.05, 3.63) is 39.9 Å². The lowest BCUT2D eigenvalue weighted by molar-refractivity contribution is 0.391. The van der Waals surface area contributed by atoms with Gasteiger partial charge in [-0.15, -0.1) is 0 Å². The van der Waals surface area contributed by atoms with E-state index in [4.69, 9.17) is 9.47 Å². The molecule has 1 aromatic carbocycles. The van der Waals surface area contributed by atoms with Gasteiger partial charge in [0.25, 0.3) is 0 Å². The maximum atomic E-state index is 5.35. The van der Waals surface area contributed by atoms with E-state index >= 15 is 0 Å². The third-order valence-corrected chi connectivity index (χ3v) is 3.40. The molecule has 2 rings (SSSR count). The van der Waals surface area contributed by atoms with Crippen LogP contribution in [0.3, 0.4) is 0 Å². The molecule has 0 aliphatic carbocycles. The summed E-state index contributed by atoms with van der Waals surface area (Å²) in [5, 5.41) is 3.26. The van der Waals surface area contributed by atoms with Gasteiger partial charge < -0.3 is 14.8 Å². The molecule has 1 aromatic heterocycles. The van der Waals surface area contributed by atoms with Crippen LogP contribution in [0.25, 0.3) is 0 Å². The van der Waals surface area contributed by atoms with Gasteiger partial charge in [-0.3, -0.25) is 0 Å². The number of benzene rings is 1. The van der Waals surface area contributed by atoms with E-state index in [9.17, 15) is 0 Å². The van der Waals surface area contributed by atoms with Gasteiger partial charge >= 0.3 is 0 Å². The number of methoxy groups -OCH3 is 2. The van der Waals surface area contributed by atoms with Crippen LogP contribution in [0.15, 0.2) is 30.7 Å². The zero-order valence-corrected chi connectivity index (χ0v) is 12.8. The van der Waals surface area contributed by atoms with Crippen molar-refractivity contribution in [3.63, 3.8) is 0 Å². The number of ether oxygens (including phenoxy) is 2. The molecule has 2 aromatic rings. The fourth-order valence-corrected chi connectivity index (χ4v) is 2.11. The molecule has 6 heteroatoms. The Labute approximate surface area is 125 Å². The molecule has 0 saturated carbocycles. The second-order valence-electron chi connectivity index (χ2n) is 3.75. The largest absolute Gasteiger partial charge is 0.497 e. The van der Waals surface area contributed by atoms with Crippen molar-refractivity contribution in [2.24, 2.45) is 0 Å². The number of nitrogens with zero attached hydrogens (tertiary/aromatic N) is 2. The number of hydrogen-bond donors (Lipinski definition) is 1. The summed E-state index contributed by atoms with van der Waals surface area (Å²) in [5.74, 6) is 2.38. The molecule has 0 bridgehead atoms.